The van der Waals surface area contributed by atoms with Crippen molar-refractivity contribution in [1.29, 1.82) is 0 Å². The van der Waals surface area contributed by atoms with Crippen LogP contribution in [0.25, 0.3) is 0 Å². The van der Waals surface area contributed by atoms with Gasteiger partial charge in [-0.05, 0) is 55.8 Å². The molecule has 0 spiro atoms. The summed E-state index contributed by atoms with van der Waals surface area (Å²) in [5.74, 6) is 2.95. The molecule has 1 saturated heterocycles. The normalized spacial score (nSPS) is 25.8. The number of rotatable bonds is 5. The van der Waals surface area contributed by atoms with Gasteiger partial charge in [0.15, 0.2) is 0 Å². The van der Waals surface area contributed by atoms with E-state index in [2.05, 4.69) is 41.8 Å². The minimum absolute atomic E-state index is 0.964. The largest absolute Gasteiger partial charge is 0.495 e. The maximum Gasteiger partial charge on any atom is 0.142 e. The smallest absolute Gasteiger partial charge is 0.142 e. The molecule has 2 unspecified atom stereocenters. The molecule has 2 fully saturated rings. The minimum atomic E-state index is 0.964. The molecule has 0 radical (unpaired) electrons. The van der Waals surface area contributed by atoms with E-state index in [0.717, 1.165) is 30.7 Å². The van der Waals surface area contributed by atoms with Crippen LogP contribution in [0.15, 0.2) is 18.2 Å². The SMILES string of the molecule is COc1ccc(C)cc1N1CCN(CCC2CCC(C)C2)CC1. The van der Waals surface area contributed by atoms with Crippen molar-refractivity contribution >= 4 is 5.69 Å². The zero-order chi connectivity index (χ0) is 16.2. The number of anilines is 1. The fourth-order valence-corrected chi connectivity index (χ4v) is 4.21. The molecule has 2 atom stereocenters. The van der Waals surface area contributed by atoms with Crippen LogP contribution in [0, 0.1) is 18.8 Å². The van der Waals surface area contributed by atoms with Crippen molar-refractivity contribution in [3.05, 3.63) is 23.8 Å². The maximum atomic E-state index is 5.55. The Morgan fingerprint density at radius 2 is 1.91 bits per heavy atom. The van der Waals surface area contributed by atoms with E-state index in [1.165, 1.54) is 56.6 Å². The standard InChI is InChI=1S/C20H32N2O/c1-16-4-6-18(14-16)8-9-21-10-12-22(13-11-21)19-15-17(2)5-7-20(19)23-3/h5,7,15-16,18H,4,6,8-14H2,1-3H3. The molecule has 0 aromatic heterocycles. The molecule has 128 valence electrons. The van der Waals surface area contributed by atoms with Crippen LogP contribution in [0.5, 0.6) is 5.75 Å². The summed E-state index contributed by atoms with van der Waals surface area (Å²) < 4.78 is 5.55. The van der Waals surface area contributed by atoms with Gasteiger partial charge in [-0.2, -0.15) is 0 Å². The lowest BCUT2D eigenvalue weighted by molar-refractivity contribution is 0.237. The molecule has 1 aliphatic heterocycles. The molecule has 3 heteroatoms. The number of methoxy groups -OCH3 is 1. The molecule has 2 aliphatic rings. The minimum Gasteiger partial charge on any atom is -0.495 e. The van der Waals surface area contributed by atoms with Gasteiger partial charge < -0.3 is 9.64 Å². The second kappa shape index (κ2) is 7.57. The van der Waals surface area contributed by atoms with Crippen molar-refractivity contribution in [3.8, 4) is 5.75 Å². The van der Waals surface area contributed by atoms with E-state index in [-0.39, 0.29) is 0 Å². The average Bonchev–Trinajstić information content (AvgIpc) is 2.99. The summed E-state index contributed by atoms with van der Waals surface area (Å²) in [5.41, 5.74) is 2.57. The second-order valence-corrected chi connectivity index (χ2v) is 7.58. The Hall–Kier alpha value is -1.22. The lowest BCUT2D eigenvalue weighted by Crippen LogP contribution is -2.47. The van der Waals surface area contributed by atoms with Crippen molar-refractivity contribution < 1.29 is 4.74 Å². The summed E-state index contributed by atoms with van der Waals surface area (Å²) in [6, 6.07) is 6.48. The van der Waals surface area contributed by atoms with Gasteiger partial charge in [-0.3, -0.25) is 4.90 Å². The zero-order valence-corrected chi connectivity index (χ0v) is 15.1. The molecule has 1 aromatic carbocycles. The van der Waals surface area contributed by atoms with Crippen molar-refractivity contribution in [2.75, 3.05) is 44.7 Å². The van der Waals surface area contributed by atoms with Crippen molar-refractivity contribution in [2.45, 2.75) is 39.5 Å². The summed E-state index contributed by atoms with van der Waals surface area (Å²) in [7, 11) is 1.77. The predicted molar refractivity (Wildman–Crippen MR) is 97.5 cm³/mol. The number of hydrogen-bond acceptors (Lipinski definition) is 3. The van der Waals surface area contributed by atoms with Gasteiger partial charge in [-0.1, -0.05) is 25.8 Å². The highest BCUT2D eigenvalue weighted by Gasteiger charge is 2.24. The van der Waals surface area contributed by atoms with E-state index >= 15 is 0 Å². The number of ether oxygens (including phenoxy) is 1. The van der Waals surface area contributed by atoms with Gasteiger partial charge in [0.1, 0.15) is 5.75 Å². The number of nitrogens with zero attached hydrogens (tertiary/aromatic N) is 2. The molecular weight excluding hydrogens is 284 g/mol. The van der Waals surface area contributed by atoms with Gasteiger partial charge in [-0.15, -0.1) is 0 Å². The van der Waals surface area contributed by atoms with Gasteiger partial charge in [0.25, 0.3) is 0 Å². The monoisotopic (exact) mass is 316 g/mol. The maximum absolute atomic E-state index is 5.55. The molecule has 1 aliphatic carbocycles. The first-order valence-electron chi connectivity index (χ1n) is 9.27. The van der Waals surface area contributed by atoms with Gasteiger partial charge in [0.05, 0.1) is 12.8 Å². The number of benzene rings is 1. The van der Waals surface area contributed by atoms with Crippen LogP contribution in [0.4, 0.5) is 5.69 Å². The number of hydrogen-bond donors (Lipinski definition) is 0. The molecule has 0 N–H and O–H groups in total. The Morgan fingerprint density at radius 1 is 1.13 bits per heavy atom. The second-order valence-electron chi connectivity index (χ2n) is 7.58. The Morgan fingerprint density at radius 3 is 2.57 bits per heavy atom. The first-order valence-corrected chi connectivity index (χ1v) is 9.27. The quantitative estimate of drug-likeness (QED) is 0.818. The van der Waals surface area contributed by atoms with E-state index in [9.17, 15) is 0 Å². The summed E-state index contributed by atoms with van der Waals surface area (Å²) >= 11 is 0. The first kappa shape index (κ1) is 16.6. The van der Waals surface area contributed by atoms with Gasteiger partial charge in [0, 0.05) is 26.2 Å². The van der Waals surface area contributed by atoms with E-state index < -0.39 is 0 Å². The lowest BCUT2D eigenvalue weighted by atomic mass is 10.0. The highest BCUT2D eigenvalue weighted by atomic mass is 16.5. The molecule has 0 amide bonds. The third kappa shape index (κ3) is 4.20. The third-order valence-corrected chi connectivity index (χ3v) is 5.70. The molecule has 3 rings (SSSR count). The highest BCUT2D eigenvalue weighted by Crippen LogP contribution is 2.33. The Balaban J connectivity index is 1.49. The van der Waals surface area contributed by atoms with Crippen LogP contribution in [0.3, 0.4) is 0 Å². The van der Waals surface area contributed by atoms with Crippen LogP contribution in [-0.4, -0.2) is 44.7 Å². The first-order chi connectivity index (χ1) is 11.2. The summed E-state index contributed by atoms with van der Waals surface area (Å²) in [5, 5.41) is 0. The molecular formula is C20H32N2O. The van der Waals surface area contributed by atoms with Gasteiger partial charge in [0.2, 0.25) is 0 Å². The number of piperazine rings is 1. The molecule has 1 aromatic rings. The van der Waals surface area contributed by atoms with E-state index in [1.807, 2.05) is 0 Å². The summed E-state index contributed by atoms with van der Waals surface area (Å²) in [6.45, 7) is 10.4. The average molecular weight is 316 g/mol. The fraction of sp³-hybridized carbons (Fsp3) is 0.700. The zero-order valence-electron chi connectivity index (χ0n) is 15.1. The van der Waals surface area contributed by atoms with Crippen molar-refractivity contribution in [3.63, 3.8) is 0 Å². The predicted octanol–water partition coefficient (Wildman–Crippen LogP) is 3.95. The Bertz CT molecular complexity index is 508. The Kier molecular flexibility index (Phi) is 5.47. The highest BCUT2D eigenvalue weighted by molar-refractivity contribution is 5.60. The van der Waals surface area contributed by atoms with Gasteiger partial charge >= 0.3 is 0 Å². The summed E-state index contributed by atoms with van der Waals surface area (Å²) in [6.07, 6.45) is 5.77. The van der Waals surface area contributed by atoms with Crippen LogP contribution in [-0.2, 0) is 0 Å². The Labute approximate surface area is 141 Å². The van der Waals surface area contributed by atoms with Crippen LogP contribution in [0.1, 0.15) is 38.2 Å². The number of aryl methyl sites for hydroxylation is 1. The van der Waals surface area contributed by atoms with Crippen LogP contribution >= 0.6 is 0 Å². The molecule has 1 saturated carbocycles. The van der Waals surface area contributed by atoms with Crippen LogP contribution in [0.2, 0.25) is 0 Å². The van der Waals surface area contributed by atoms with E-state index in [4.69, 9.17) is 4.74 Å². The lowest BCUT2D eigenvalue weighted by Gasteiger charge is -2.37. The molecule has 0 bridgehead atoms. The molecule has 3 nitrogen and oxygen atoms in total. The summed E-state index contributed by atoms with van der Waals surface area (Å²) in [4.78, 5) is 5.14. The van der Waals surface area contributed by atoms with Gasteiger partial charge in [-0.25, -0.2) is 0 Å². The van der Waals surface area contributed by atoms with E-state index in [1.54, 1.807) is 7.11 Å². The molecule has 23 heavy (non-hydrogen) atoms. The third-order valence-electron chi connectivity index (χ3n) is 5.70. The molecule has 1 heterocycles. The van der Waals surface area contributed by atoms with Crippen molar-refractivity contribution in [2.24, 2.45) is 11.8 Å². The van der Waals surface area contributed by atoms with E-state index in [0.29, 0.717) is 0 Å². The van der Waals surface area contributed by atoms with Crippen molar-refractivity contribution in [1.82, 2.24) is 4.90 Å². The van der Waals surface area contributed by atoms with Crippen LogP contribution < -0.4 is 9.64 Å². The topological polar surface area (TPSA) is 15.7 Å². The fourth-order valence-electron chi connectivity index (χ4n) is 4.21.